The van der Waals surface area contributed by atoms with Gasteiger partial charge in [0.15, 0.2) is 0 Å². The van der Waals surface area contributed by atoms with Crippen LogP contribution in [0.25, 0.3) is 0 Å². The van der Waals surface area contributed by atoms with Crippen LogP contribution in [0.2, 0.25) is 13.1 Å². The molecule has 2 nitrogen and oxygen atoms in total. The van der Waals surface area contributed by atoms with Gasteiger partial charge in [0.05, 0.1) is 18.3 Å². The van der Waals surface area contributed by atoms with Crippen LogP contribution < -0.4 is 31.4 Å². The summed E-state index contributed by atoms with van der Waals surface area (Å²) < 4.78 is 0. The van der Waals surface area contributed by atoms with Crippen molar-refractivity contribution in [2.24, 2.45) is 0 Å². The number of nitrogens with zero attached hydrogens (tertiary/aromatic N) is 2. The average molecular weight is 794 g/mol. The van der Waals surface area contributed by atoms with Gasteiger partial charge in [0.25, 0.3) is 6.71 Å². The molecular formula is C56H54BN2Si+. The highest BCUT2D eigenvalue weighted by Crippen LogP contribution is 2.54. The lowest BCUT2D eigenvalue weighted by molar-refractivity contribution is 0.521. The van der Waals surface area contributed by atoms with Crippen LogP contribution in [0.15, 0.2) is 146 Å². The minimum absolute atomic E-state index is 0.0283. The second-order valence-electron chi connectivity index (χ2n) is 20.2. The molecule has 2 heterocycles. The van der Waals surface area contributed by atoms with Crippen LogP contribution in [-0.4, -0.2) is 15.5 Å². The minimum Gasteiger partial charge on any atom is -0.311 e. The second-order valence-corrected chi connectivity index (χ2v) is 22.8. The first kappa shape index (κ1) is 37.4. The van der Waals surface area contributed by atoms with E-state index in [2.05, 4.69) is 224 Å². The standard InChI is InChI=1S/C56H54BN2Si/c1-53(2)38-21-14-16-23-40(38)55(5,6)44-33-50-46(31-42(44)53)57-47-32-43-45(56(7,8)41-24-17-15-22-39(41)54(43,3)4)34-51(47)59(36-27-29-37(30-28-36)60(9)10)49-26-18-25-48(52(49)57)58(50)35-19-12-11-13-20-35/h11-34H,1-10H3/q+1. The molecule has 7 aromatic carbocycles. The third-order valence-electron chi connectivity index (χ3n) is 15.2. The molecule has 0 atom stereocenters. The van der Waals surface area contributed by atoms with Crippen molar-refractivity contribution in [3.63, 3.8) is 0 Å². The van der Waals surface area contributed by atoms with Crippen molar-refractivity contribution in [1.82, 2.24) is 0 Å². The molecule has 0 saturated carbocycles. The molecule has 7 aromatic rings. The molecule has 0 radical (unpaired) electrons. The van der Waals surface area contributed by atoms with Gasteiger partial charge in [-0.3, -0.25) is 0 Å². The second kappa shape index (κ2) is 12.5. The molecule has 0 fully saturated rings. The van der Waals surface area contributed by atoms with E-state index in [4.69, 9.17) is 0 Å². The number of para-hydroxylation sites is 1. The van der Waals surface area contributed by atoms with Crippen molar-refractivity contribution in [2.45, 2.75) is 90.1 Å². The van der Waals surface area contributed by atoms with Crippen LogP contribution in [0.1, 0.15) is 99.9 Å². The van der Waals surface area contributed by atoms with Crippen LogP contribution in [-0.2, 0) is 21.7 Å². The molecule has 0 aromatic heterocycles. The predicted octanol–water partition coefficient (Wildman–Crippen LogP) is 11.7. The molecule has 4 heteroatoms. The van der Waals surface area contributed by atoms with Crippen LogP contribution >= 0.6 is 0 Å². The van der Waals surface area contributed by atoms with E-state index < -0.39 is 8.80 Å². The molecule has 0 bridgehead atoms. The van der Waals surface area contributed by atoms with Gasteiger partial charge in [-0.15, -0.1) is 0 Å². The van der Waals surface area contributed by atoms with Gasteiger partial charge in [-0.2, -0.15) is 0 Å². The Morgan fingerprint density at radius 1 is 0.367 bits per heavy atom. The first-order valence-electron chi connectivity index (χ1n) is 21.9. The zero-order valence-corrected chi connectivity index (χ0v) is 37.8. The molecule has 0 unspecified atom stereocenters. The Labute approximate surface area is 359 Å². The third kappa shape index (κ3) is 4.89. The molecule has 2 aliphatic heterocycles. The van der Waals surface area contributed by atoms with E-state index in [1.54, 1.807) is 0 Å². The van der Waals surface area contributed by atoms with Crippen molar-refractivity contribution < 1.29 is 0 Å². The molecule has 2 aliphatic carbocycles. The molecule has 4 aliphatic rings. The predicted molar refractivity (Wildman–Crippen MR) is 259 cm³/mol. The summed E-state index contributed by atoms with van der Waals surface area (Å²) in [5.41, 5.74) is 22.4. The summed E-state index contributed by atoms with van der Waals surface area (Å²) in [5.74, 6) is 0. The Kier molecular flexibility index (Phi) is 7.79. The van der Waals surface area contributed by atoms with Crippen molar-refractivity contribution in [1.29, 1.82) is 0 Å². The number of fused-ring (bicyclic) bond motifs is 8. The highest BCUT2D eigenvalue weighted by Gasteiger charge is 2.50. The zero-order valence-electron chi connectivity index (χ0n) is 36.8. The fraction of sp³-hybridized carbons (Fsp3) is 0.250. The van der Waals surface area contributed by atoms with E-state index >= 15 is 0 Å². The molecule has 294 valence electrons. The lowest BCUT2D eigenvalue weighted by Crippen LogP contribution is -2.62. The molecule has 0 amide bonds. The number of rotatable bonds is 3. The normalized spacial score (nSPS) is 17.6. The van der Waals surface area contributed by atoms with Crippen LogP contribution in [0.4, 0.5) is 34.1 Å². The summed E-state index contributed by atoms with van der Waals surface area (Å²) >= 11 is 0. The quantitative estimate of drug-likeness (QED) is 0.164. The lowest BCUT2D eigenvalue weighted by Gasteiger charge is -2.49. The van der Waals surface area contributed by atoms with Crippen molar-refractivity contribution in [2.75, 3.05) is 9.80 Å². The highest BCUT2D eigenvalue weighted by atomic mass is 28.3. The third-order valence-corrected chi connectivity index (χ3v) is 16.7. The Balaban J connectivity index is 1.26. The van der Waals surface area contributed by atoms with Crippen molar-refractivity contribution in [3.05, 3.63) is 190 Å². The molecule has 0 saturated heterocycles. The molecule has 0 spiro atoms. The van der Waals surface area contributed by atoms with Gasteiger partial charge in [-0.25, -0.2) is 0 Å². The summed E-state index contributed by atoms with van der Waals surface area (Å²) in [5, 5.41) is 1.46. The van der Waals surface area contributed by atoms with Gasteiger partial charge >= 0.3 is 8.80 Å². The summed E-state index contributed by atoms with van der Waals surface area (Å²) in [4.78, 5) is 5.18. The van der Waals surface area contributed by atoms with Crippen LogP contribution in [0.3, 0.4) is 0 Å². The van der Waals surface area contributed by atoms with Gasteiger partial charge in [-0.1, -0.05) is 140 Å². The maximum Gasteiger partial charge on any atom is 0.345 e. The largest absolute Gasteiger partial charge is 0.345 e. The average Bonchev–Trinajstić information content (AvgIpc) is 3.25. The van der Waals surface area contributed by atoms with Gasteiger partial charge in [-0.05, 0) is 122 Å². The van der Waals surface area contributed by atoms with Gasteiger partial charge in [0.1, 0.15) is 0 Å². The zero-order chi connectivity index (χ0) is 41.7. The van der Waals surface area contributed by atoms with Crippen LogP contribution in [0.5, 0.6) is 0 Å². The van der Waals surface area contributed by atoms with Gasteiger partial charge in [0, 0.05) is 55.8 Å². The summed E-state index contributed by atoms with van der Waals surface area (Å²) in [6.45, 7) is 24.3. The van der Waals surface area contributed by atoms with Crippen LogP contribution in [0, 0.1) is 0 Å². The Morgan fingerprint density at radius 2 is 0.733 bits per heavy atom. The molecule has 0 N–H and O–H groups in total. The van der Waals surface area contributed by atoms with E-state index in [9.17, 15) is 0 Å². The number of hydrogen-bond acceptors (Lipinski definition) is 2. The van der Waals surface area contributed by atoms with Gasteiger partial charge in [0.2, 0.25) is 0 Å². The maximum atomic E-state index is 2.65. The van der Waals surface area contributed by atoms with E-state index in [1.165, 1.54) is 100 Å². The topological polar surface area (TPSA) is 6.48 Å². The molecule has 11 rings (SSSR count). The maximum absolute atomic E-state index is 2.65. The Hall–Kier alpha value is -5.58. The number of benzene rings is 7. The summed E-state index contributed by atoms with van der Waals surface area (Å²) in [6.07, 6.45) is 0. The van der Waals surface area contributed by atoms with E-state index in [-0.39, 0.29) is 28.4 Å². The first-order valence-corrected chi connectivity index (χ1v) is 24.4. The SMILES string of the molecule is C[Si+](C)c1ccc(N2c3cc4c(cc3B3c5cc6c(cc5N(c5ccccc5)c5cccc2c53)C(C)(C)c2ccccc2C6(C)C)C(C)(C)c2ccccc2C4(C)C)cc1. The van der Waals surface area contributed by atoms with E-state index in [1.807, 2.05) is 0 Å². The monoisotopic (exact) mass is 793 g/mol. The fourth-order valence-corrected chi connectivity index (χ4v) is 12.7. The lowest BCUT2D eigenvalue weighted by atomic mass is 9.32. The molecular weight excluding hydrogens is 740 g/mol. The number of hydrogen-bond donors (Lipinski definition) is 0. The van der Waals surface area contributed by atoms with Crippen molar-refractivity contribution in [3.8, 4) is 0 Å². The van der Waals surface area contributed by atoms with E-state index in [0.29, 0.717) is 0 Å². The van der Waals surface area contributed by atoms with E-state index in [0.717, 1.165) is 0 Å². The summed E-state index contributed by atoms with van der Waals surface area (Å²) in [6, 6.07) is 56.5. The smallest absolute Gasteiger partial charge is 0.311 e. The fourth-order valence-electron chi connectivity index (χ4n) is 11.9. The first-order chi connectivity index (χ1) is 28.6. The van der Waals surface area contributed by atoms with Crippen molar-refractivity contribution >= 4 is 71.2 Å². The minimum atomic E-state index is -0.597. The Bertz CT molecular complexity index is 2920. The number of anilines is 6. The molecule has 60 heavy (non-hydrogen) atoms. The van der Waals surface area contributed by atoms with Gasteiger partial charge < -0.3 is 9.80 Å². The highest BCUT2D eigenvalue weighted by molar-refractivity contribution is 7.00. The summed E-state index contributed by atoms with van der Waals surface area (Å²) in [7, 11) is -0.597. The Morgan fingerprint density at radius 3 is 1.13 bits per heavy atom.